The molecule has 0 atom stereocenters. The van der Waals surface area contributed by atoms with E-state index in [2.05, 4.69) is 37.2 Å². The molecule has 0 saturated heterocycles. The third-order valence-electron chi connectivity index (χ3n) is 2.51. The zero-order valence-corrected chi connectivity index (χ0v) is 13.5. The summed E-state index contributed by atoms with van der Waals surface area (Å²) in [6, 6.07) is 5.31. The molecule has 0 radical (unpaired) electrons. The first kappa shape index (κ1) is 15.5. The van der Waals surface area contributed by atoms with Crippen LogP contribution in [0, 0.1) is 0 Å². The maximum atomic E-state index is 11.8. The van der Waals surface area contributed by atoms with Gasteiger partial charge in [0.1, 0.15) is 5.75 Å². The van der Waals surface area contributed by atoms with Crippen molar-refractivity contribution in [1.82, 2.24) is 5.32 Å². The summed E-state index contributed by atoms with van der Waals surface area (Å²) in [6.07, 6.45) is 3.27. The Kier molecular flexibility index (Phi) is 7.35. The van der Waals surface area contributed by atoms with Crippen LogP contribution in [0.3, 0.4) is 0 Å². The molecule has 0 heterocycles. The van der Waals surface area contributed by atoms with E-state index >= 15 is 0 Å². The van der Waals surface area contributed by atoms with Crippen LogP contribution in [-0.4, -0.2) is 24.9 Å². The lowest BCUT2D eigenvalue weighted by Gasteiger charge is -2.07. The molecule has 5 heteroatoms. The number of methoxy groups -OCH3 is 1. The molecule has 0 aromatic heterocycles. The smallest absolute Gasteiger partial charge is 0.251 e. The van der Waals surface area contributed by atoms with Gasteiger partial charge in [0, 0.05) is 17.4 Å². The highest BCUT2D eigenvalue weighted by Gasteiger charge is 2.07. The summed E-state index contributed by atoms with van der Waals surface area (Å²) < 4.78 is 5.91. The third kappa shape index (κ3) is 4.98. The molecule has 1 aromatic carbocycles. The second-order valence-electron chi connectivity index (χ2n) is 3.85. The minimum absolute atomic E-state index is 0.0443. The number of hydrogen-bond donors (Lipinski definition) is 1. The largest absolute Gasteiger partial charge is 0.496 e. The van der Waals surface area contributed by atoms with Crippen molar-refractivity contribution >= 4 is 37.8 Å². The van der Waals surface area contributed by atoms with Crippen molar-refractivity contribution in [2.75, 3.05) is 19.0 Å². The predicted molar refractivity (Wildman–Crippen MR) is 80.7 cm³/mol. The average molecular weight is 379 g/mol. The number of carbonyl (C=O) groups excluding carboxylic acids is 1. The SMILES string of the molecule is COc1ccc(C(=O)NCCCCCBr)cc1Br. The molecule has 0 bridgehead atoms. The fraction of sp³-hybridized carbons (Fsp3) is 0.462. The van der Waals surface area contributed by atoms with Crippen LogP contribution in [0.15, 0.2) is 22.7 Å². The topological polar surface area (TPSA) is 38.3 Å². The van der Waals surface area contributed by atoms with E-state index in [1.165, 1.54) is 0 Å². The Labute approximate surface area is 125 Å². The van der Waals surface area contributed by atoms with Crippen LogP contribution in [0.1, 0.15) is 29.6 Å². The second kappa shape index (κ2) is 8.53. The number of rotatable bonds is 7. The number of alkyl halides is 1. The second-order valence-corrected chi connectivity index (χ2v) is 5.50. The summed E-state index contributed by atoms with van der Waals surface area (Å²) in [7, 11) is 1.60. The summed E-state index contributed by atoms with van der Waals surface area (Å²) in [4.78, 5) is 11.8. The van der Waals surface area contributed by atoms with Crippen LogP contribution in [0.5, 0.6) is 5.75 Å². The van der Waals surface area contributed by atoms with E-state index in [4.69, 9.17) is 4.74 Å². The summed E-state index contributed by atoms with van der Waals surface area (Å²) >= 11 is 6.75. The van der Waals surface area contributed by atoms with Gasteiger partial charge < -0.3 is 10.1 Å². The van der Waals surface area contributed by atoms with Gasteiger partial charge in [0.2, 0.25) is 0 Å². The number of carbonyl (C=O) groups is 1. The lowest BCUT2D eigenvalue weighted by molar-refractivity contribution is 0.0953. The Bertz CT molecular complexity index is 397. The molecule has 1 amide bonds. The molecule has 0 spiro atoms. The van der Waals surface area contributed by atoms with Crippen LogP contribution >= 0.6 is 31.9 Å². The van der Waals surface area contributed by atoms with E-state index in [1.54, 1.807) is 25.3 Å². The highest BCUT2D eigenvalue weighted by molar-refractivity contribution is 9.10. The molecule has 0 saturated carbocycles. The van der Waals surface area contributed by atoms with Crippen molar-refractivity contribution in [3.05, 3.63) is 28.2 Å². The van der Waals surface area contributed by atoms with Crippen LogP contribution in [-0.2, 0) is 0 Å². The molecule has 0 aliphatic rings. The summed E-state index contributed by atoms with van der Waals surface area (Å²) in [6.45, 7) is 0.718. The first-order chi connectivity index (χ1) is 8.69. The van der Waals surface area contributed by atoms with Crippen molar-refractivity contribution in [3.8, 4) is 5.75 Å². The first-order valence-corrected chi connectivity index (χ1v) is 7.78. The number of hydrogen-bond acceptors (Lipinski definition) is 2. The van der Waals surface area contributed by atoms with E-state index < -0.39 is 0 Å². The highest BCUT2D eigenvalue weighted by Crippen LogP contribution is 2.25. The molecule has 100 valence electrons. The number of ether oxygens (including phenoxy) is 1. The molecular weight excluding hydrogens is 362 g/mol. The van der Waals surface area contributed by atoms with Gasteiger partial charge in [-0.15, -0.1) is 0 Å². The minimum atomic E-state index is -0.0443. The van der Waals surface area contributed by atoms with E-state index in [9.17, 15) is 4.79 Å². The Morgan fingerprint density at radius 1 is 1.33 bits per heavy atom. The maximum absolute atomic E-state index is 11.8. The molecule has 1 N–H and O–H groups in total. The molecule has 0 unspecified atom stereocenters. The fourth-order valence-corrected chi connectivity index (χ4v) is 2.45. The average Bonchev–Trinajstić information content (AvgIpc) is 2.38. The molecule has 0 aliphatic carbocycles. The van der Waals surface area contributed by atoms with Crippen molar-refractivity contribution < 1.29 is 9.53 Å². The molecule has 1 aromatic rings. The Balaban J connectivity index is 2.44. The van der Waals surface area contributed by atoms with Gasteiger partial charge in [-0.3, -0.25) is 4.79 Å². The van der Waals surface area contributed by atoms with Crippen LogP contribution < -0.4 is 10.1 Å². The van der Waals surface area contributed by atoms with Crippen molar-refractivity contribution in [1.29, 1.82) is 0 Å². The van der Waals surface area contributed by atoms with E-state index in [-0.39, 0.29) is 5.91 Å². The molecule has 18 heavy (non-hydrogen) atoms. The molecule has 1 rings (SSSR count). The van der Waals surface area contributed by atoms with E-state index in [0.717, 1.165) is 41.4 Å². The van der Waals surface area contributed by atoms with Crippen molar-refractivity contribution in [2.45, 2.75) is 19.3 Å². The number of halogens is 2. The Morgan fingerprint density at radius 2 is 2.11 bits per heavy atom. The standard InChI is InChI=1S/C13H17Br2NO2/c1-18-12-6-5-10(9-11(12)15)13(17)16-8-4-2-3-7-14/h5-6,9H,2-4,7-8H2,1H3,(H,16,17). The molecule has 0 fully saturated rings. The number of unbranched alkanes of at least 4 members (excludes halogenated alkanes) is 2. The number of nitrogens with one attached hydrogen (secondary N) is 1. The van der Waals surface area contributed by atoms with Crippen LogP contribution in [0.2, 0.25) is 0 Å². The minimum Gasteiger partial charge on any atom is -0.496 e. The fourth-order valence-electron chi connectivity index (χ4n) is 1.51. The predicted octanol–water partition coefficient (Wildman–Crippen LogP) is 3.75. The van der Waals surface area contributed by atoms with Gasteiger partial charge >= 0.3 is 0 Å². The molecular formula is C13H17Br2NO2. The number of amides is 1. The van der Waals surface area contributed by atoms with Crippen LogP contribution in [0.4, 0.5) is 0 Å². The monoisotopic (exact) mass is 377 g/mol. The quantitative estimate of drug-likeness (QED) is 0.579. The van der Waals surface area contributed by atoms with Gasteiger partial charge in [-0.2, -0.15) is 0 Å². The van der Waals surface area contributed by atoms with Gasteiger partial charge in [0.05, 0.1) is 11.6 Å². The molecule has 0 aliphatic heterocycles. The zero-order valence-electron chi connectivity index (χ0n) is 10.3. The summed E-state index contributed by atoms with van der Waals surface area (Å²) in [5, 5.41) is 3.93. The Morgan fingerprint density at radius 3 is 2.72 bits per heavy atom. The highest BCUT2D eigenvalue weighted by atomic mass is 79.9. The van der Waals surface area contributed by atoms with Gasteiger partial charge in [0.15, 0.2) is 0 Å². The zero-order chi connectivity index (χ0) is 13.4. The van der Waals surface area contributed by atoms with Crippen molar-refractivity contribution in [2.24, 2.45) is 0 Å². The maximum Gasteiger partial charge on any atom is 0.251 e. The van der Waals surface area contributed by atoms with Gasteiger partial charge in [-0.05, 0) is 47.0 Å². The lowest BCUT2D eigenvalue weighted by Crippen LogP contribution is -2.24. The van der Waals surface area contributed by atoms with Crippen LogP contribution in [0.25, 0.3) is 0 Å². The first-order valence-electron chi connectivity index (χ1n) is 5.86. The number of benzene rings is 1. The normalized spacial score (nSPS) is 10.2. The van der Waals surface area contributed by atoms with Gasteiger partial charge in [-0.1, -0.05) is 22.4 Å². The third-order valence-corrected chi connectivity index (χ3v) is 3.69. The lowest BCUT2D eigenvalue weighted by atomic mass is 10.2. The summed E-state index contributed by atoms with van der Waals surface area (Å²) in [5.41, 5.74) is 0.642. The molecule has 3 nitrogen and oxygen atoms in total. The van der Waals surface area contributed by atoms with E-state index in [1.807, 2.05) is 0 Å². The Hall–Kier alpha value is -0.550. The summed E-state index contributed by atoms with van der Waals surface area (Å²) in [5.74, 6) is 0.682. The van der Waals surface area contributed by atoms with Crippen molar-refractivity contribution in [3.63, 3.8) is 0 Å². The van der Waals surface area contributed by atoms with Gasteiger partial charge in [0.25, 0.3) is 5.91 Å². The van der Waals surface area contributed by atoms with E-state index in [0.29, 0.717) is 5.56 Å². The van der Waals surface area contributed by atoms with Gasteiger partial charge in [-0.25, -0.2) is 0 Å².